The zero-order valence-electron chi connectivity index (χ0n) is 16.6. The van der Waals surface area contributed by atoms with Crippen molar-refractivity contribution < 1.29 is 19.1 Å². The van der Waals surface area contributed by atoms with Crippen LogP contribution in [0.5, 0.6) is 11.5 Å². The van der Waals surface area contributed by atoms with Crippen molar-refractivity contribution in [2.75, 3.05) is 13.3 Å². The molecule has 6 nitrogen and oxygen atoms in total. The van der Waals surface area contributed by atoms with E-state index in [0.29, 0.717) is 31.7 Å². The lowest BCUT2D eigenvalue weighted by atomic mass is 10.1. The summed E-state index contributed by atoms with van der Waals surface area (Å²) in [6, 6.07) is 12.9. The van der Waals surface area contributed by atoms with Crippen LogP contribution >= 0.6 is 15.9 Å². The fourth-order valence-corrected chi connectivity index (χ4v) is 3.45. The Balaban J connectivity index is 1.70. The molecule has 0 fully saturated rings. The van der Waals surface area contributed by atoms with Crippen molar-refractivity contribution in [1.29, 1.82) is 0 Å². The second kappa shape index (κ2) is 9.78. The van der Waals surface area contributed by atoms with Crippen molar-refractivity contribution in [3.8, 4) is 11.5 Å². The van der Waals surface area contributed by atoms with Crippen LogP contribution in [0.1, 0.15) is 31.4 Å². The van der Waals surface area contributed by atoms with Gasteiger partial charge in [0.1, 0.15) is 6.04 Å². The maximum absolute atomic E-state index is 13.1. The lowest BCUT2D eigenvalue weighted by Gasteiger charge is -2.29. The standard InChI is InChI=1S/C22H25BrN2O4/c1-3-24-22(27)15(2)25(13-17-4-8-18(23)9-5-17)21(26)11-7-16-6-10-19-20(12-16)29-14-28-19/h4-6,8-10,12,15H,3,7,11,13-14H2,1-2H3,(H,24,27)/t15-/m1/s1. The van der Waals surface area contributed by atoms with Crippen molar-refractivity contribution >= 4 is 27.7 Å². The van der Waals surface area contributed by atoms with Crippen LogP contribution in [0.3, 0.4) is 0 Å². The van der Waals surface area contributed by atoms with Crippen molar-refractivity contribution in [2.24, 2.45) is 0 Å². The fraction of sp³-hybridized carbons (Fsp3) is 0.364. The van der Waals surface area contributed by atoms with Crippen LogP contribution in [0.2, 0.25) is 0 Å². The zero-order valence-corrected chi connectivity index (χ0v) is 18.2. The normalized spacial score (nSPS) is 13.1. The molecule has 0 aliphatic carbocycles. The number of likely N-dealkylation sites (N-methyl/N-ethyl adjacent to an activating group) is 1. The Bertz CT molecular complexity index is 870. The second-order valence-electron chi connectivity index (χ2n) is 6.91. The van der Waals surface area contributed by atoms with Gasteiger partial charge in [0.2, 0.25) is 18.6 Å². The lowest BCUT2D eigenvalue weighted by Crippen LogP contribution is -2.47. The molecule has 2 amide bonds. The average molecular weight is 461 g/mol. The molecule has 0 bridgehead atoms. The van der Waals surface area contributed by atoms with Gasteiger partial charge in [0.15, 0.2) is 11.5 Å². The first-order valence-corrected chi connectivity index (χ1v) is 10.5. The zero-order chi connectivity index (χ0) is 20.8. The largest absolute Gasteiger partial charge is 0.454 e. The van der Waals surface area contributed by atoms with Gasteiger partial charge < -0.3 is 19.7 Å². The minimum Gasteiger partial charge on any atom is -0.454 e. The van der Waals surface area contributed by atoms with E-state index in [2.05, 4.69) is 21.2 Å². The molecule has 2 aromatic rings. The summed E-state index contributed by atoms with van der Waals surface area (Å²) in [4.78, 5) is 27.1. The third kappa shape index (κ3) is 5.50. The molecule has 1 atom stereocenters. The Labute approximate surface area is 179 Å². The summed E-state index contributed by atoms with van der Waals surface area (Å²) in [5, 5.41) is 2.81. The monoisotopic (exact) mass is 460 g/mol. The molecule has 7 heteroatoms. The topological polar surface area (TPSA) is 67.9 Å². The summed E-state index contributed by atoms with van der Waals surface area (Å²) in [5.74, 6) is 1.21. The van der Waals surface area contributed by atoms with Gasteiger partial charge in [0, 0.05) is 24.0 Å². The summed E-state index contributed by atoms with van der Waals surface area (Å²) >= 11 is 3.42. The SMILES string of the molecule is CCNC(=O)[C@@H](C)N(Cc1ccc(Br)cc1)C(=O)CCc1ccc2c(c1)OCO2. The Morgan fingerprint density at radius 1 is 1.10 bits per heavy atom. The van der Waals surface area contributed by atoms with Gasteiger partial charge in [0.25, 0.3) is 0 Å². The van der Waals surface area contributed by atoms with Crippen molar-refractivity contribution in [3.63, 3.8) is 0 Å². The maximum atomic E-state index is 13.1. The first-order valence-electron chi connectivity index (χ1n) is 9.68. The summed E-state index contributed by atoms with van der Waals surface area (Å²) < 4.78 is 11.7. The first-order chi connectivity index (χ1) is 14.0. The highest BCUT2D eigenvalue weighted by Gasteiger charge is 2.25. The average Bonchev–Trinajstić information content (AvgIpc) is 3.19. The number of rotatable bonds is 8. The van der Waals surface area contributed by atoms with Gasteiger partial charge in [-0.3, -0.25) is 9.59 Å². The Kier molecular flexibility index (Phi) is 7.14. The van der Waals surface area contributed by atoms with Crippen LogP contribution in [0, 0.1) is 0 Å². The number of fused-ring (bicyclic) bond motifs is 1. The molecule has 0 aromatic heterocycles. The van der Waals surface area contributed by atoms with E-state index in [-0.39, 0.29) is 18.6 Å². The summed E-state index contributed by atoms with van der Waals surface area (Å²) in [6.45, 7) is 4.77. The van der Waals surface area contributed by atoms with E-state index in [4.69, 9.17) is 9.47 Å². The minimum atomic E-state index is -0.553. The van der Waals surface area contributed by atoms with Gasteiger partial charge in [-0.25, -0.2) is 0 Å². The highest BCUT2D eigenvalue weighted by Crippen LogP contribution is 2.32. The quantitative estimate of drug-likeness (QED) is 0.652. The van der Waals surface area contributed by atoms with Crippen molar-refractivity contribution in [2.45, 2.75) is 39.3 Å². The summed E-state index contributed by atoms with van der Waals surface area (Å²) in [7, 11) is 0. The van der Waals surface area contributed by atoms with Crippen LogP contribution in [-0.4, -0.2) is 36.1 Å². The Hall–Kier alpha value is -2.54. The van der Waals surface area contributed by atoms with Crippen LogP contribution in [0.25, 0.3) is 0 Å². The first kappa shape index (κ1) is 21.2. The molecule has 29 heavy (non-hydrogen) atoms. The van der Waals surface area contributed by atoms with Gasteiger partial charge in [-0.1, -0.05) is 34.1 Å². The molecular formula is C22H25BrN2O4. The molecule has 0 unspecified atom stereocenters. The Morgan fingerprint density at radius 3 is 2.52 bits per heavy atom. The molecule has 1 heterocycles. The number of hydrogen-bond acceptors (Lipinski definition) is 4. The molecule has 0 spiro atoms. The molecule has 0 saturated heterocycles. The van der Waals surface area contributed by atoms with Gasteiger partial charge in [0.05, 0.1) is 0 Å². The number of nitrogens with one attached hydrogen (secondary N) is 1. The molecule has 1 aliphatic rings. The molecule has 1 aliphatic heterocycles. The number of nitrogens with zero attached hydrogens (tertiary/aromatic N) is 1. The number of hydrogen-bond donors (Lipinski definition) is 1. The molecule has 154 valence electrons. The van der Waals surface area contributed by atoms with E-state index in [0.717, 1.165) is 21.3 Å². The smallest absolute Gasteiger partial charge is 0.242 e. The van der Waals surface area contributed by atoms with Crippen LogP contribution < -0.4 is 14.8 Å². The van der Waals surface area contributed by atoms with Gasteiger partial charge in [-0.05, 0) is 55.7 Å². The predicted octanol–water partition coefficient (Wildman–Crippen LogP) is 3.66. The number of halogens is 1. The number of amides is 2. The number of carbonyl (C=O) groups is 2. The number of carbonyl (C=O) groups excluding carboxylic acids is 2. The highest BCUT2D eigenvalue weighted by molar-refractivity contribution is 9.10. The summed E-state index contributed by atoms with van der Waals surface area (Å²) in [6.07, 6.45) is 0.869. The lowest BCUT2D eigenvalue weighted by molar-refractivity contribution is -0.140. The molecule has 1 N–H and O–H groups in total. The van der Waals surface area contributed by atoms with Gasteiger partial charge in [-0.15, -0.1) is 0 Å². The van der Waals surface area contributed by atoms with Crippen LogP contribution in [-0.2, 0) is 22.6 Å². The second-order valence-corrected chi connectivity index (χ2v) is 7.82. The van der Waals surface area contributed by atoms with Crippen molar-refractivity contribution in [3.05, 3.63) is 58.1 Å². The van der Waals surface area contributed by atoms with E-state index >= 15 is 0 Å². The van der Waals surface area contributed by atoms with E-state index in [9.17, 15) is 9.59 Å². The van der Waals surface area contributed by atoms with Gasteiger partial charge in [-0.2, -0.15) is 0 Å². The molecule has 0 saturated carbocycles. The minimum absolute atomic E-state index is 0.0654. The molecule has 0 radical (unpaired) electrons. The summed E-state index contributed by atoms with van der Waals surface area (Å²) in [5.41, 5.74) is 1.97. The van der Waals surface area contributed by atoms with Crippen LogP contribution in [0.15, 0.2) is 46.9 Å². The third-order valence-corrected chi connectivity index (χ3v) is 5.38. The maximum Gasteiger partial charge on any atom is 0.242 e. The van der Waals surface area contributed by atoms with E-state index in [1.165, 1.54) is 0 Å². The Morgan fingerprint density at radius 2 is 1.79 bits per heavy atom. The molecule has 3 rings (SSSR count). The van der Waals surface area contributed by atoms with E-state index in [1.807, 2.05) is 49.4 Å². The molecule has 2 aromatic carbocycles. The third-order valence-electron chi connectivity index (χ3n) is 4.85. The van der Waals surface area contributed by atoms with E-state index < -0.39 is 6.04 Å². The number of aryl methyl sites for hydroxylation is 1. The fourth-order valence-electron chi connectivity index (χ4n) is 3.18. The van der Waals surface area contributed by atoms with Crippen molar-refractivity contribution in [1.82, 2.24) is 10.2 Å². The number of benzene rings is 2. The van der Waals surface area contributed by atoms with E-state index in [1.54, 1.807) is 11.8 Å². The van der Waals surface area contributed by atoms with Crippen LogP contribution in [0.4, 0.5) is 0 Å². The number of ether oxygens (including phenoxy) is 2. The predicted molar refractivity (Wildman–Crippen MR) is 114 cm³/mol. The van der Waals surface area contributed by atoms with Gasteiger partial charge >= 0.3 is 0 Å². The molecular weight excluding hydrogens is 436 g/mol. The highest BCUT2D eigenvalue weighted by atomic mass is 79.9.